The van der Waals surface area contributed by atoms with Crippen LogP contribution in [0.4, 0.5) is 0 Å². The molecule has 0 bridgehead atoms. The molecule has 0 aromatic heterocycles. The van der Waals surface area contributed by atoms with E-state index in [1.165, 1.54) is 57.8 Å². The van der Waals surface area contributed by atoms with E-state index < -0.39 is 0 Å². The van der Waals surface area contributed by atoms with Crippen LogP contribution in [0.25, 0.3) is 0 Å². The Bertz CT molecular complexity index is 146. The smallest absolute Gasteiger partial charge is 0.0389 e. The summed E-state index contributed by atoms with van der Waals surface area (Å²) in [5, 5.41) is 0. The van der Waals surface area contributed by atoms with E-state index in [9.17, 15) is 0 Å². The zero-order chi connectivity index (χ0) is 13.1. The Morgan fingerprint density at radius 1 is 0.706 bits per heavy atom. The lowest BCUT2D eigenvalue weighted by molar-refractivity contribution is 0.289. The quantitative estimate of drug-likeness (QED) is 0.364. The van der Waals surface area contributed by atoms with E-state index in [1.54, 1.807) is 0 Å². The van der Waals surface area contributed by atoms with Gasteiger partial charge in [-0.2, -0.15) is 0 Å². The predicted molar refractivity (Wildman–Crippen MR) is 80.4 cm³/mol. The first-order valence-corrected chi connectivity index (χ1v) is 8.07. The van der Waals surface area contributed by atoms with Crippen molar-refractivity contribution in [2.24, 2.45) is 17.8 Å². The van der Waals surface area contributed by atoms with Gasteiger partial charge in [0.05, 0.1) is 0 Å². The number of hydrogen-bond donors (Lipinski definition) is 0. The highest BCUT2D eigenvalue weighted by molar-refractivity contribution is 4.65. The predicted octanol–water partition coefficient (Wildman–Crippen LogP) is 6.45. The third-order valence-electron chi connectivity index (χ3n) is 3.90. The van der Waals surface area contributed by atoms with Crippen LogP contribution in [0, 0.1) is 17.8 Å². The van der Waals surface area contributed by atoms with Gasteiger partial charge in [-0.05, 0) is 24.2 Å². The van der Waals surface area contributed by atoms with Gasteiger partial charge >= 0.3 is 0 Å². The summed E-state index contributed by atoms with van der Waals surface area (Å²) < 4.78 is 0. The van der Waals surface area contributed by atoms with Crippen molar-refractivity contribution in [1.82, 2.24) is 0 Å². The van der Waals surface area contributed by atoms with Crippen LogP contribution in [0.1, 0.15) is 92.4 Å². The van der Waals surface area contributed by atoms with Gasteiger partial charge in [0.1, 0.15) is 0 Å². The van der Waals surface area contributed by atoms with E-state index in [0.29, 0.717) is 0 Å². The fourth-order valence-corrected chi connectivity index (χ4v) is 2.69. The highest BCUT2D eigenvalue weighted by Crippen LogP contribution is 2.26. The first kappa shape index (κ1) is 17.0. The van der Waals surface area contributed by atoms with E-state index in [0.717, 1.165) is 17.8 Å². The Morgan fingerprint density at radius 2 is 1.24 bits per heavy atom. The van der Waals surface area contributed by atoms with Gasteiger partial charge in [0.25, 0.3) is 0 Å². The van der Waals surface area contributed by atoms with E-state index in [1.807, 2.05) is 0 Å². The van der Waals surface area contributed by atoms with Crippen molar-refractivity contribution in [3.63, 3.8) is 0 Å². The Labute approximate surface area is 111 Å². The molecule has 0 heteroatoms. The summed E-state index contributed by atoms with van der Waals surface area (Å²) in [5.41, 5.74) is 0. The normalized spacial score (nSPS) is 13.6. The van der Waals surface area contributed by atoms with E-state index >= 15 is 0 Å². The summed E-state index contributed by atoms with van der Waals surface area (Å²) in [4.78, 5) is 0. The number of rotatable bonds is 11. The fourth-order valence-electron chi connectivity index (χ4n) is 2.69. The molecule has 0 aliphatic heterocycles. The minimum Gasteiger partial charge on any atom is -0.0654 e. The van der Waals surface area contributed by atoms with Crippen molar-refractivity contribution < 1.29 is 0 Å². The summed E-state index contributed by atoms with van der Waals surface area (Å²) in [5.74, 6) is 2.70. The Balaban J connectivity index is 3.48. The monoisotopic (exact) mass is 240 g/mol. The number of hydrogen-bond acceptors (Lipinski definition) is 0. The lowest BCUT2D eigenvalue weighted by Gasteiger charge is -2.22. The average molecular weight is 240 g/mol. The molecule has 0 aromatic carbocycles. The third-order valence-corrected chi connectivity index (χ3v) is 3.90. The molecule has 0 heterocycles. The molecule has 104 valence electrons. The van der Waals surface area contributed by atoms with Gasteiger partial charge in [-0.25, -0.2) is 0 Å². The standard InChI is InChI=1S/C17H36/c1-6-7-8-9-10-11-12-13-17(16(4)5)14-15(2)3/h15-17H,6-14H2,1-5H3. The molecule has 0 saturated heterocycles. The second-order valence-corrected chi connectivity index (χ2v) is 6.54. The van der Waals surface area contributed by atoms with Crippen LogP contribution in [0.3, 0.4) is 0 Å². The summed E-state index contributed by atoms with van der Waals surface area (Å²) in [6.45, 7) is 11.8. The van der Waals surface area contributed by atoms with E-state index in [4.69, 9.17) is 0 Å². The molecule has 0 rings (SSSR count). The molecular weight excluding hydrogens is 204 g/mol. The van der Waals surface area contributed by atoms with Gasteiger partial charge in [0.2, 0.25) is 0 Å². The summed E-state index contributed by atoms with van der Waals surface area (Å²) >= 11 is 0. The van der Waals surface area contributed by atoms with Gasteiger partial charge in [-0.1, -0.05) is 86.0 Å². The van der Waals surface area contributed by atoms with Gasteiger partial charge in [-0.15, -0.1) is 0 Å². The lowest BCUT2D eigenvalue weighted by Crippen LogP contribution is -2.11. The van der Waals surface area contributed by atoms with Crippen molar-refractivity contribution in [2.75, 3.05) is 0 Å². The van der Waals surface area contributed by atoms with Gasteiger partial charge < -0.3 is 0 Å². The van der Waals surface area contributed by atoms with Crippen LogP contribution >= 0.6 is 0 Å². The lowest BCUT2D eigenvalue weighted by atomic mass is 9.84. The second-order valence-electron chi connectivity index (χ2n) is 6.54. The topological polar surface area (TPSA) is 0 Å². The Morgan fingerprint density at radius 3 is 1.71 bits per heavy atom. The van der Waals surface area contributed by atoms with Crippen LogP contribution in [-0.2, 0) is 0 Å². The van der Waals surface area contributed by atoms with Crippen LogP contribution < -0.4 is 0 Å². The van der Waals surface area contributed by atoms with Crippen LogP contribution in [-0.4, -0.2) is 0 Å². The van der Waals surface area contributed by atoms with Crippen molar-refractivity contribution in [2.45, 2.75) is 92.4 Å². The molecule has 1 unspecified atom stereocenters. The number of unbranched alkanes of at least 4 members (excludes halogenated alkanes) is 6. The summed E-state index contributed by atoms with van der Waals surface area (Å²) in [6.07, 6.45) is 13.0. The largest absolute Gasteiger partial charge is 0.0654 e. The summed E-state index contributed by atoms with van der Waals surface area (Å²) in [7, 11) is 0. The molecule has 17 heavy (non-hydrogen) atoms. The van der Waals surface area contributed by atoms with Gasteiger partial charge in [0, 0.05) is 0 Å². The van der Waals surface area contributed by atoms with Crippen LogP contribution in [0.2, 0.25) is 0 Å². The van der Waals surface area contributed by atoms with E-state index in [2.05, 4.69) is 34.6 Å². The maximum absolute atomic E-state index is 2.40. The van der Waals surface area contributed by atoms with Gasteiger partial charge in [0.15, 0.2) is 0 Å². The Hall–Kier alpha value is 0. The van der Waals surface area contributed by atoms with Crippen molar-refractivity contribution in [3.8, 4) is 0 Å². The molecule has 0 aromatic rings. The fraction of sp³-hybridized carbons (Fsp3) is 1.00. The van der Waals surface area contributed by atoms with Crippen molar-refractivity contribution >= 4 is 0 Å². The molecule has 0 nitrogen and oxygen atoms in total. The van der Waals surface area contributed by atoms with Crippen LogP contribution in [0.15, 0.2) is 0 Å². The summed E-state index contributed by atoms with van der Waals surface area (Å²) in [6, 6.07) is 0. The molecule has 0 N–H and O–H groups in total. The third kappa shape index (κ3) is 10.9. The molecular formula is C17H36. The molecule has 0 aliphatic rings. The minimum absolute atomic E-state index is 0.868. The van der Waals surface area contributed by atoms with Crippen LogP contribution in [0.5, 0.6) is 0 Å². The van der Waals surface area contributed by atoms with Gasteiger partial charge in [-0.3, -0.25) is 0 Å². The zero-order valence-electron chi connectivity index (χ0n) is 13.1. The highest BCUT2D eigenvalue weighted by Gasteiger charge is 2.14. The first-order chi connectivity index (χ1) is 8.07. The molecule has 0 radical (unpaired) electrons. The molecule has 0 saturated carbocycles. The molecule has 0 amide bonds. The maximum Gasteiger partial charge on any atom is -0.0389 e. The minimum atomic E-state index is 0.868. The highest BCUT2D eigenvalue weighted by atomic mass is 14.2. The average Bonchev–Trinajstić information content (AvgIpc) is 2.25. The van der Waals surface area contributed by atoms with E-state index in [-0.39, 0.29) is 0 Å². The zero-order valence-corrected chi connectivity index (χ0v) is 13.1. The first-order valence-electron chi connectivity index (χ1n) is 8.07. The van der Waals surface area contributed by atoms with Crippen molar-refractivity contribution in [3.05, 3.63) is 0 Å². The molecule has 0 spiro atoms. The molecule has 0 fully saturated rings. The Kier molecular flexibility index (Phi) is 11.1. The maximum atomic E-state index is 2.40. The second kappa shape index (κ2) is 11.1. The van der Waals surface area contributed by atoms with Crippen molar-refractivity contribution in [1.29, 1.82) is 0 Å². The molecule has 1 atom stereocenters. The SMILES string of the molecule is CCCCCCCCCC(CC(C)C)C(C)C. The molecule has 0 aliphatic carbocycles.